The van der Waals surface area contributed by atoms with E-state index < -0.39 is 4.92 Å². The van der Waals surface area contributed by atoms with Gasteiger partial charge in [0.1, 0.15) is 18.1 Å². The number of amides is 1. The summed E-state index contributed by atoms with van der Waals surface area (Å²) >= 11 is 0. The molecule has 0 bridgehead atoms. The predicted octanol–water partition coefficient (Wildman–Crippen LogP) is 1.37. The van der Waals surface area contributed by atoms with E-state index in [1.165, 1.54) is 11.0 Å². The molecule has 0 radical (unpaired) electrons. The van der Waals surface area contributed by atoms with Gasteiger partial charge in [-0.15, -0.1) is 0 Å². The third kappa shape index (κ3) is 3.38. The van der Waals surface area contributed by atoms with Crippen LogP contribution in [0.5, 0.6) is 5.75 Å². The van der Waals surface area contributed by atoms with Crippen LogP contribution in [0.1, 0.15) is 10.4 Å². The van der Waals surface area contributed by atoms with Gasteiger partial charge >= 0.3 is 5.82 Å². The lowest BCUT2D eigenvalue weighted by Gasteiger charge is -2.19. The Morgan fingerprint density at radius 2 is 2.00 bits per heavy atom. The van der Waals surface area contributed by atoms with Crippen LogP contribution in [0.3, 0.4) is 0 Å². The van der Waals surface area contributed by atoms with E-state index in [2.05, 4.69) is 5.32 Å². The van der Waals surface area contributed by atoms with Gasteiger partial charge in [-0.25, -0.2) is 0 Å². The Morgan fingerprint density at radius 3 is 2.52 bits per heavy atom. The minimum absolute atomic E-state index is 0.0253. The van der Waals surface area contributed by atoms with Crippen molar-refractivity contribution in [2.24, 2.45) is 0 Å². The summed E-state index contributed by atoms with van der Waals surface area (Å²) < 4.78 is 5.64. The third-order valence-corrected chi connectivity index (χ3v) is 2.98. The average Bonchev–Trinajstić information content (AvgIpc) is 2.47. The van der Waals surface area contributed by atoms with Gasteiger partial charge in [0.05, 0.1) is 7.05 Å². The number of carbonyl (C=O) groups is 1. The summed E-state index contributed by atoms with van der Waals surface area (Å²) in [6.45, 7) is 0.310. The summed E-state index contributed by atoms with van der Waals surface area (Å²) in [6, 6.07) is 6.66. The Hall–Kier alpha value is -2.83. The highest BCUT2D eigenvalue weighted by molar-refractivity contribution is 5.94. The van der Waals surface area contributed by atoms with Gasteiger partial charge in [0, 0.05) is 18.7 Å². The zero-order valence-electron chi connectivity index (χ0n) is 11.7. The second-order valence-corrected chi connectivity index (χ2v) is 4.48. The van der Waals surface area contributed by atoms with E-state index in [0.29, 0.717) is 23.6 Å². The standard InChI is InChI=1S/C14H15N3O4/c1-15-14(18)10-3-5-11(6-4-10)21-12-7-8-13(17(19)20)16(2)9-12/h3-8H,9H2,1-2H3,(H,15,18). The van der Waals surface area contributed by atoms with Gasteiger partial charge in [-0.05, 0) is 35.3 Å². The quantitative estimate of drug-likeness (QED) is 0.668. The van der Waals surface area contributed by atoms with Crippen LogP contribution in [0.25, 0.3) is 0 Å². The van der Waals surface area contributed by atoms with Gasteiger partial charge in [-0.2, -0.15) is 0 Å². The summed E-state index contributed by atoms with van der Waals surface area (Å²) in [7, 11) is 3.19. The molecule has 1 aliphatic heterocycles. The zero-order chi connectivity index (χ0) is 15.4. The number of hydrogen-bond donors (Lipinski definition) is 1. The molecule has 0 aliphatic carbocycles. The molecular formula is C14H15N3O4. The first-order valence-electron chi connectivity index (χ1n) is 6.27. The number of nitrogens with zero attached hydrogens (tertiary/aromatic N) is 2. The third-order valence-electron chi connectivity index (χ3n) is 2.98. The number of rotatable bonds is 4. The van der Waals surface area contributed by atoms with E-state index in [1.807, 2.05) is 0 Å². The van der Waals surface area contributed by atoms with Gasteiger partial charge in [0.2, 0.25) is 0 Å². The number of carbonyl (C=O) groups excluding carboxylic acids is 1. The Bertz CT molecular complexity index is 620. The number of likely N-dealkylation sites (N-methyl/N-ethyl adjacent to an activating group) is 1. The molecule has 1 N–H and O–H groups in total. The van der Waals surface area contributed by atoms with Crippen molar-refractivity contribution in [1.82, 2.24) is 10.2 Å². The van der Waals surface area contributed by atoms with Crippen molar-refractivity contribution in [3.8, 4) is 5.75 Å². The molecule has 110 valence electrons. The van der Waals surface area contributed by atoms with Crippen molar-refractivity contribution in [1.29, 1.82) is 0 Å². The summed E-state index contributed by atoms with van der Waals surface area (Å²) in [5, 5.41) is 13.3. The lowest BCUT2D eigenvalue weighted by atomic mass is 10.2. The van der Waals surface area contributed by atoms with Crippen LogP contribution in [0.15, 0.2) is 48.0 Å². The number of nitrogens with one attached hydrogen (secondary N) is 1. The highest BCUT2D eigenvalue weighted by Gasteiger charge is 2.22. The molecule has 0 saturated heterocycles. The molecule has 21 heavy (non-hydrogen) atoms. The van der Waals surface area contributed by atoms with E-state index in [1.54, 1.807) is 44.4 Å². The van der Waals surface area contributed by atoms with E-state index >= 15 is 0 Å². The molecular weight excluding hydrogens is 274 g/mol. The van der Waals surface area contributed by atoms with Gasteiger partial charge < -0.3 is 20.2 Å². The number of ether oxygens (including phenoxy) is 1. The van der Waals surface area contributed by atoms with Gasteiger partial charge in [0.25, 0.3) is 5.91 Å². The van der Waals surface area contributed by atoms with Crippen molar-refractivity contribution in [3.05, 3.63) is 63.7 Å². The molecule has 1 aromatic carbocycles. The first-order valence-corrected chi connectivity index (χ1v) is 6.27. The summed E-state index contributed by atoms with van der Waals surface area (Å²) in [6.07, 6.45) is 2.97. The molecule has 0 unspecified atom stereocenters. The molecule has 1 amide bonds. The van der Waals surface area contributed by atoms with Gasteiger partial charge in [-0.3, -0.25) is 9.69 Å². The Balaban J connectivity index is 2.09. The molecule has 1 aliphatic rings. The lowest BCUT2D eigenvalue weighted by Crippen LogP contribution is -2.28. The Labute approximate surface area is 121 Å². The van der Waals surface area contributed by atoms with Crippen molar-refractivity contribution in [3.63, 3.8) is 0 Å². The second-order valence-electron chi connectivity index (χ2n) is 4.48. The van der Waals surface area contributed by atoms with Crippen LogP contribution >= 0.6 is 0 Å². The maximum absolute atomic E-state index is 11.4. The van der Waals surface area contributed by atoms with Gasteiger partial charge in [0.15, 0.2) is 0 Å². The summed E-state index contributed by atoms with van der Waals surface area (Å²) in [5.74, 6) is 1.02. The topological polar surface area (TPSA) is 84.7 Å². The lowest BCUT2D eigenvalue weighted by molar-refractivity contribution is -0.445. The minimum Gasteiger partial charge on any atom is -0.458 e. The first kappa shape index (κ1) is 14.6. The number of benzene rings is 1. The average molecular weight is 289 g/mol. The van der Waals surface area contributed by atoms with Crippen molar-refractivity contribution in [2.75, 3.05) is 20.6 Å². The fraction of sp³-hybridized carbons (Fsp3) is 0.214. The van der Waals surface area contributed by atoms with E-state index in [4.69, 9.17) is 4.74 Å². The second kappa shape index (κ2) is 6.08. The fourth-order valence-electron chi connectivity index (χ4n) is 1.90. The van der Waals surface area contributed by atoms with Crippen molar-refractivity contribution in [2.45, 2.75) is 0 Å². The maximum atomic E-state index is 11.4. The molecule has 7 nitrogen and oxygen atoms in total. The number of nitro groups is 1. The molecule has 0 aromatic heterocycles. The van der Waals surface area contributed by atoms with Crippen LogP contribution in [0, 0.1) is 10.1 Å². The molecule has 7 heteroatoms. The fourth-order valence-corrected chi connectivity index (χ4v) is 1.90. The van der Waals surface area contributed by atoms with Crippen LogP contribution in [0.4, 0.5) is 0 Å². The Morgan fingerprint density at radius 1 is 1.33 bits per heavy atom. The molecule has 1 heterocycles. The van der Waals surface area contributed by atoms with Crippen LogP contribution in [0.2, 0.25) is 0 Å². The van der Waals surface area contributed by atoms with Gasteiger partial charge in [-0.1, -0.05) is 0 Å². The summed E-state index contributed by atoms with van der Waals surface area (Å²) in [4.78, 5) is 23.2. The number of hydrogen-bond acceptors (Lipinski definition) is 5. The SMILES string of the molecule is CNC(=O)c1ccc(OC2=CC=C([N+](=O)[O-])N(C)C2)cc1. The largest absolute Gasteiger partial charge is 0.458 e. The molecule has 0 spiro atoms. The predicted molar refractivity (Wildman–Crippen MR) is 76.3 cm³/mol. The molecule has 2 rings (SSSR count). The molecule has 0 atom stereocenters. The van der Waals surface area contributed by atoms with Crippen LogP contribution < -0.4 is 10.1 Å². The van der Waals surface area contributed by atoms with E-state index in [-0.39, 0.29) is 11.7 Å². The monoisotopic (exact) mass is 289 g/mol. The van der Waals surface area contributed by atoms with E-state index in [9.17, 15) is 14.9 Å². The molecule has 0 fully saturated rings. The smallest absolute Gasteiger partial charge is 0.318 e. The maximum Gasteiger partial charge on any atom is 0.318 e. The first-order chi connectivity index (χ1) is 10.0. The highest BCUT2D eigenvalue weighted by Crippen LogP contribution is 2.19. The van der Waals surface area contributed by atoms with Crippen molar-refractivity contribution >= 4 is 5.91 Å². The molecule has 1 aromatic rings. The minimum atomic E-state index is -0.439. The van der Waals surface area contributed by atoms with Crippen LogP contribution in [-0.4, -0.2) is 36.4 Å². The highest BCUT2D eigenvalue weighted by atomic mass is 16.6. The summed E-state index contributed by atoms with van der Waals surface area (Å²) in [5.41, 5.74) is 0.537. The van der Waals surface area contributed by atoms with E-state index in [0.717, 1.165) is 0 Å². The number of allylic oxidation sites excluding steroid dienone is 2. The molecule has 0 saturated carbocycles. The normalized spacial score (nSPS) is 14.1. The van der Waals surface area contributed by atoms with Crippen LogP contribution in [-0.2, 0) is 0 Å². The van der Waals surface area contributed by atoms with Crippen molar-refractivity contribution < 1.29 is 14.5 Å². The Kier molecular flexibility index (Phi) is 4.22. The zero-order valence-corrected chi connectivity index (χ0v) is 11.7.